The number of allylic oxidation sites excluding steroid dienone is 1. The molecule has 2 aromatic carbocycles. The summed E-state index contributed by atoms with van der Waals surface area (Å²) in [6.07, 6.45) is 3.12. The lowest BCUT2D eigenvalue weighted by atomic mass is 10.0. The van der Waals surface area contributed by atoms with Crippen LogP contribution in [0.2, 0.25) is 0 Å². The van der Waals surface area contributed by atoms with Crippen molar-refractivity contribution in [3.63, 3.8) is 0 Å². The zero-order chi connectivity index (χ0) is 16.2. The highest BCUT2D eigenvalue weighted by atomic mass is 16.5. The van der Waals surface area contributed by atoms with Crippen molar-refractivity contribution in [1.29, 1.82) is 0 Å². The lowest BCUT2D eigenvalue weighted by molar-refractivity contribution is -0.852. The van der Waals surface area contributed by atoms with E-state index in [2.05, 4.69) is 69.6 Å². The highest BCUT2D eigenvalue weighted by Crippen LogP contribution is 2.18. The number of hydrogen-bond acceptors (Lipinski definition) is 2. The quantitative estimate of drug-likeness (QED) is 0.649. The van der Waals surface area contributed by atoms with Crippen molar-refractivity contribution in [2.45, 2.75) is 13.3 Å². The van der Waals surface area contributed by atoms with E-state index in [0.29, 0.717) is 6.54 Å². The summed E-state index contributed by atoms with van der Waals surface area (Å²) in [5.41, 5.74) is 2.64. The van der Waals surface area contributed by atoms with Crippen molar-refractivity contribution in [2.75, 3.05) is 34.2 Å². The molecular weight excluding hydrogens is 272 g/mol. The number of hydrogen-bond donors (Lipinski definition) is 1. The van der Waals surface area contributed by atoms with Crippen molar-refractivity contribution in [3.8, 4) is 0 Å². The van der Waals surface area contributed by atoms with Crippen molar-refractivity contribution in [2.24, 2.45) is 0 Å². The molecule has 0 aliphatic heterocycles. The molecule has 0 heterocycles. The first-order valence-electron chi connectivity index (χ1n) is 7.76. The van der Waals surface area contributed by atoms with Crippen LogP contribution >= 0.6 is 0 Å². The Bertz CT molecular complexity index is 659. The standard InChI is InChI=1S/C19H27N2O/c1-16(11-13-20(2)22)21(3,4)14-12-17-9-10-18-7-5-6-8-19(18)15-17/h5-11,15,22H,12-14H2,1-4H3/q+1. The molecule has 118 valence electrons. The van der Waals surface area contributed by atoms with E-state index in [0.717, 1.165) is 17.4 Å². The van der Waals surface area contributed by atoms with Crippen LogP contribution in [0.3, 0.4) is 0 Å². The Hall–Kier alpha value is -1.68. The third-order valence-corrected chi connectivity index (χ3v) is 4.38. The van der Waals surface area contributed by atoms with Gasteiger partial charge in [-0.1, -0.05) is 42.5 Å². The van der Waals surface area contributed by atoms with E-state index in [9.17, 15) is 5.21 Å². The van der Waals surface area contributed by atoms with Crippen molar-refractivity contribution < 1.29 is 9.69 Å². The smallest absolute Gasteiger partial charge is 0.103 e. The molecule has 2 rings (SSSR count). The number of fused-ring (bicyclic) bond motifs is 1. The molecule has 0 amide bonds. The molecule has 0 aromatic heterocycles. The SMILES string of the molecule is CC(=CCN(C)O)[N+](C)(C)CCc1ccc2ccccc2c1. The van der Waals surface area contributed by atoms with Gasteiger partial charge in [0.2, 0.25) is 0 Å². The van der Waals surface area contributed by atoms with Gasteiger partial charge in [-0.25, -0.2) is 0 Å². The van der Waals surface area contributed by atoms with E-state index in [1.54, 1.807) is 7.05 Å². The average molecular weight is 299 g/mol. The molecule has 0 aliphatic rings. The van der Waals surface area contributed by atoms with Gasteiger partial charge in [0, 0.05) is 26.9 Å². The maximum absolute atomic E-state index is 9.26. The second-order valence-corrected chi connectivity index (χ2v) is 6.53. The monoisotopic (exact) mass is 299 g/mol. The van der Waals surface area contributed by atoms with E-state index < -0.39 is 0 Å². The van der Waals surface area contributed by atoms with Crippen molar-refractivity contribution >= 4 is 10.8 Å². The average Bonchev–Trinajstić information content (AvgIpc) is 2.50. The largest absolute Gasteiger partial charge is 0.314 e. The normalized spacial score (nSPS) is 13.1. The number of quaternary nitrogens is 1. The molecule has 0 saturated carbocycles. The van der Waals surface area contributed by atoms with Crippen LogP contribution in [0.4, 0.5) is 0 Å². The van der Waals surface area contributed by atoms with Gasteiger partial charge in [-0.15, -0.1) is 0 Å². The van der Waals surface area contributed by atoms with Crippen LogP contribution in [-0.2, 0) is 6.42 Å². The third kappa shape index (κ3) is 4.41. The first-order chi connectivity index (χ1) is 10.4. The fourth-order valence-electron chi connectivity index (χ4n) is 2.49. The predicted octanol–water partition coefficient (Wildman–Crippen LogP) is 3.68. The summed E-state index contributed by atoms with van der Waals surface area (Å²) in [7, 11) is 6.09. The van der Waals surface area contributed by atoms with E-state index in [4.69, 9.17) is 0 Å². The van der Waals surface area contributed by atoms with Crippen LogP contribution in [0.15, 0.2) is 54.2 Å². The Kier molecular flexibility index (Phi) is 5.35. The fraction of sp³-hybridized carbons (Fsp3) is 0.368. The van der Waals surface area contributed by atoms with Crippen molar-refractivity contribution in [3.05, 3.63) is 59.8 Å². The highest BCUT2D eigenvalue weighted by molar-refractivity contribution is 5.82. The van der Waals surface area contributed by atoms with E-state index in [1.807, 2.05) is 0 Å². The summed E-state index contributed by atoms with van der Waals surface area (Å²) in [5, 5.41) is 13.1. The van der Waals surface area contributed by atoms with E-state index >= 15 is 0 Å². The first-order valence-corrected chi connectivity index (χ1v) is 7.76. The van der Waals surface area contributed by atoms with E-state index in [1.165, 1.54) is 27.1 Å². The number of likely N-dealkylation sites (N-methyl/N-ethyl adjacent to an activating group) is 2. The van der Waals surface area contributed by atoms with E-state index in [-0.39, 0.29) is 0 Å². The first kappa shape index (κ1) is 16.7. The number of hydroxylamine groups is 2. The van der Waals surface area contributed by atoms with Crippen LogP contribution in [-0.4, -0.2) is 49.0 Å². The molecule has 0 fully saturated rings. The molecule has 22 heavy (non-hydrogen) atoms. The molecule has 0 aliphatic carbocycles. The maximum Gasteiger partial charge on any atom is 0.103 e. The van der Waals surface area contributed by atoms with Crippen LogP contribution in [0.5, 0.6) is 0 Å². The molecule has 2 aromatic rings. The summed E-state index contributed by atoms with van der Waals surface area (Å²) in [5.74, 6) is 0. The van der Waals surface area contributed by atoms with Crippen LogP contribution < -0.4 is 0 Å². The van der Waals surface area contributed by atoms with Gasteiger partial charge in [0.1, 0.15) is 5.70 Å². The minimum atomic E-state index is 0.559. The molecular formula is C19H27N2O+. The van der Waals surface area contributed by atoms with Crippen molar-refractivity contribution in [1.82, 2.24) is 5.06 Å². The molecule has 0 spiro atoms. The van der Waals surface area contributed by atoms with Crippen LogP contribution in [0.25, 0.3) is 10.8 Å². The third-order valence-electron chi connectivity index (χ3n) is 4.38. The van der Waals surface area contributed by atoms with Gasteiger partial charge in [-0.3, -0.25) is 4.48 Å². The van der Waals surface area contributed by atoms with Gasteiger partial charge < -0.3 is 5.21 Å². The predicted molar refractivity (Wildman–Crippen MR) is 92.8 cm³/mol. The molecule has 0 bridgehead atoms. The Balaban J connectivity index is 2.05. The molecule has 0 atom stereocenters. The summed E-state index contributed by atoms with van der Waals surface area (Å²) in [6, 6.07) is 15.2. The second kappa shape index (κ2) is 7.05. The topological polar surface area (TPSA) is 23.5 Å². The summed E-state index contributed by atoms with van der Waals surface area (Å²) in [6.45, 7) is 3.73. The Morgan fingerprint density at radius 2 is 1.82 bits per heavy atom. The lowest BCUT2D eigenvalue weighted by Crippen LogP contribution is -2.39. The Morgan fingerprint density at radius 1 is 1.14 bits per heavy atom. The maximum atomic E-state index is 9.26. The molecule has 0 unspecified atom stereocenters. The molecule has 3 heteroatoms. The lowest BCUT2D eigenvalue weighted by Gasteiger charge is -2.30. The van der Waals surface area contributed by atoms with Gasteiger partial charge in [0.05, 0.1) is 20.6 Å². The van der Waals surface area contributed by atoms with Gasteiger partial charge in [0.15, 0.2) is 0 Å². The summed E-state index contributed by atoms with van der Waals surface area (Å²) < 4.78 is 0.834. The molecule has 0 radical (unpaired) electrons. The highest BCUT2D eigenvalue weighted by Gasteiger charge is 2.18. The molecule has 0 saturated heterocycles. The second-order valence-electron chi connectivity index (χ2n) is 6.53. The van der Waals surface area contributed by atoms with Gasteiger partial charge in [-0.05, 0) is 22.4 Å². The fourth-order valence-corrected chi connectivity index (χ4v) is 2.49. The van der Waals surface area contributed by atoms with Crippen LogP contribution in [0, 0.1) is 0 Å². The number of rotatable bonds is 6. The van der Waals surface area contributed by atoms with Gasteiger partial charge in [0.25, 0.3) is 0 Å². The zero-order valence-corrected chi connectivity index (χ0v) is 14.1. The summed E-state index contributed by atoms with van der Waals surface area (Å²) in [4.78, 5) is 0. The van der Waals surface area contributed by atoms with Gasteiger partial charge in [-0.2, -0.15) is 5.06 Å². The number of nitrogens with zero attached hydrogens (tertiary/aromatic N) is 2. The Labute approximate surface area is 133 Å². The van der Waals surface area contributed by atoms with Crippen LogP contribution in [0.1, 0.15) is 12.5 Å². The molecule has 1 N–H and O–H groups in total. The number of benzene rings is 2. The minimum Gasteiger partial charge on any atom is -0.314 e. The van der Waals surface area contributed by atoms with Gasteiger partial charge >= 0.3 is 0 Å². The molecule has 3 nitrogen and oxygen atoms in total. The summed E-state index contributed by atoms with van der Waals surface area (Å²) >= 11 is 0. The Morgan fingerprint density at radius 3 is 2.50 bits per heavy atom. The minimum absolute atomic E-state index is 0.559. The zero-order valence-electron chi connectivity index (χ0n) is 14.1.